The van der Waals surface area contributed by atoms with Crippen LogP contribution in [-0.2, 0) is 14.3 Å². The predicted octanol–water partition coefficient (Wildman–Crippen LogP) is 0.594. The van der Waals surface area contributed by atoms with Gasteiger partial charge in [0, 0.05) is 5.41 Å². The third-order valence-electron chi connectivity index (χ3n) is 4.48. The minimum absolute atomic E-state index is 0.285. The van der Waals surface area contributed by atoms with Crippen molar-refractivity contribution in [2.24, 2.45) is 16.6 Å². The zero-order valence-electron chi connectivity index (χ0n) is 8.72. The van der Waals surface area contributed by atoms with Crippen molar-refractivity contribution in [3.05, 3.63) is 0 Å². The maximum absolute atomic E-state index is 11.7. The summed E-state index contributed by atoms with van der Waals surface area (Å²) in [5.74, 6) is -0.801. The van der Waals surface area contributed by atoms with Gasteiger partial charge >= 0.3 is 5.97 Å². The van der Waals surface area contributed by atoms with Crippen LogP contribution < -0.4 is 5.73 Å². The maximum atomic E-state index is 11.7. The first-order valence-corrected chi connectivity index (χ1v) is 4.81. The highest BCUT2D eigenvalue weighted by atomic mass is 16.6. The van der Waals surface area contributed by atoms with E-state index in [4.69, 9.17) is 10.5 Å². The lowest BCUT2D eigenvalue weighted by molar-refractivity contribution is -0.166. The van der Waals surface area contributed by atoms with Gasteiger partial charge in [-0.3, -0.25) is 9.59 Å². The largest absolute Gasteiger partial charge is 0.448 e. The van der Waals surface area contributed by atoms with E-state index in [1.165, 1.54) is 0 Å². The first-order chi connectivity index (χ1) is 6.28. The van der Waals surface area contributed by atoms with Crippen LogP contribution in [0.4, 0.5) is 0 Å². The molecule has 2 aliphatic rings. The number of carbonyl (C=O) groups is 2. The van der Waals surface area contributed by atoms with E-state index in [0.29, 0.717) is 12.8 Å². The molecule has 0 aromatic rings. The zero-order valence-corrected chi connectivity index (χ0v) is 8.72. The molecule has 4 heteroatoms. The summed E-state index contributed by atoms with van der Waals surface area (Å²) < 4.78 is 5.21. The van der Waals surface area contributed by atoms with E-state index in [-0.39, 0.29) is 5.97 Å². The van der Waals surface area contributed by atoms with Crippen molar-refractivity contribution in [1.82, 2.24) is 0 Å². The van der Waals surface area contributed by atoms with Crippen LogP contribution in [0.3, 0.4) is 0 Å². The number of carbonyl (C=O) groups excluding carboxylic acids is 2. The Morgan fingerprint density at radius 2 is 1.93 bits per heavy atom. The highest BCUT2D eigenvalue weighted by Crippen LogP contribution is 2.65. The summed E-state index contributed by atoms with van der Waals surface area (Å²) in [4.78, 5) is 23.1. The molecule has 78 valence electrons. The van der Waals surface area contributed by atoms with Gasteiger partial charge in [-0.05, 0) is 19.8 Å². The van der Waals surface area contributed by atoms with Crippen molar-refractivity contribution in [3.63, 3.8) is 0 Å². The normalized spacial score (nSPS) is 43.8. The van der Waals surface area contributed by atoms with Gasteiger partial charge in [-0.15, -0.1) is 0 Å². The van der Waals surface area contributed by atoms with E-state index in [9.17, 15) is 9.59 Å². The quantitative estimate of drug-likeness (QED) is 0.625. The Morgan fingerprint density at radius 3 is 2.14 bits per heavy atom. The average Bonchev–Trinajstić information content (AvgIpc) is 2.34. The molecule has 1 saturated carbocycles. The summed E-state index contributed by atoms with van der Waals surface area (Å²) >= 11 is 0. The third kappa shape index (κ3) is 0.645. The second-order valence-corrected chi connectivity index (χ2v) is 5.04. The summed E-state index contributed by atoms with van der Waals surface area (Å²) in [7, 11) is 0. The summed E-state index contributed by atoms with van der Waals surface area (Å²) in [5, 5.41) is 0. The predicted molar refractivity (Wildman–Crippen MR) is 49.1 cm³/mol. The first-order valence-electron chi connectivity index (χ1n) is 4.81. The number of primary amides is 1. The van der Waals surface area contributed by atoms with Crippen LogP contribution in [-0.4, -0.2) is 17.5 Å². The standard InChI is InChI=1S/C10H15NO3/c1-8(2)9(3)4-5-10(8,6(11)12)14-7(9)13/h4-5H2,1-3H3,(H2,11,12). The highest BCUT2D eigenvalue weighted by Gasteiger charge is 2.75. The number of esters is 1. The molecule has 1 aliphatic heterocycles. The van der Waals surface area contributed by atoms with Crippen molar-refractivity contribution in [2.45, 2.75) is 39.2 Å². The average molecular weight is 197 g/mol. The molecular formula is C10H15NO3. The fourth-order valence-electron chi connectivity index (χ4n) is 2.78. The molecule has 2 unspecified atom stereocenters. The molecule has 0 spiro atoms. The molecule has 2 N–H and O–H groups in total. The van der Waals surface area contributed by atoms with Crippen LogP contribution >= 0.6 is 0 Å². The van der Waals surface area contributed by atoms with Crippen LogP contribution in [0, 0.1) is 10.8 Å². The van der Waals surface area contributed by atoms with Gasteiger partial charge in [-0.1, -0.05) is 13.8 Å². The number of fused-ring (bicyclic) bond motifs is 2. The minimum atomic E-state index is -1.07. The highest BCUT2D eigenvalue weighted by molar-refractivity contribution is 5.95. The van der Waals surface area contributed by atoms with Gasteiger partial charge in [-0.2, -0.15) is 0 Å². The fourth-order valence-corrected chi connectivity index (χ4v) is 2.78. The SMILES string of the molecule is CC12CCC(C(N)=O)(OC1=O)C2(C)C. The lowest BCUT2D eigenvalue weighted by atomic mass is 9.66. The molecule has 2 rings (SSSR count). The molecule has 1 saturated heterocycles. The minimum Gasteiger partial charge on any atom is -0.448 e. The van der Waals surface area contributed by atoms with Crippen LogP contribution in [0.15, 0.2) is 0 Å². The van der Waals surface area contributed by atoms with E-state index in [2.05, 4.69) is 0 Å². The van der Waals surface area contributed by atoms with E-state index in [1.807, 2.05) is 20.8 Å². The number of hydrogen-bond acceptors (Lipinski definition) is 3. The first kappa shape index (κ1) is 9.49. The van der Waals surface area contributed by atoms with Gasteiger partial charge < -0.3 is 10.5 Å². The Balaban J connectivity index is 2.60. The smallest absolute Gasteiger partial charge is 0.313 e. The molecule has 14 heavy (non-hydrogen) atoms. The summed E-state index contributed by atoms with van der Waals surface area (Å²) in [6.45, 7) is 5.62. The van der Waals surface area contributed by atoms with Crippen molar-refractivity contribution in [3.8, 4) is 0 Å². The molecule has 2 atom stereocenters. The second-order valence-electron chi connectivity index (χ2n) is 5.04. The van der Waals surface area contributed by atoms with Crippen LogP contribution in [0.1, 0.15) is 33.6 Å². The molecule has 2 fully saturated rings. The van der Waals surface area contributed by atoms with Crippen molar-refractivity contribution in [2.75, 3.05) is 0 Å². The summed E-state index contributed by atoms with van der Waals surface area (Å²) in [6.07, 6.45) is 1.24. The van der Waals surface area contributed by atoms with Gasteiger partial charge in [0.25, 0.3) is 5.91 Å². The van der Waals surface area contributed by atoms with E-state index in [0.717, 1.165) is 0 Å². The zero-order chi connectivity index (χ0) is 10.8. The Hall–Kier alpha value is -1.06. The van der Waals surface area contributed by atoms with E-state index < -0.39 is 22.3 Å². The molecule has 0 aromatic heterocycles. The number of hydrogen-bond donors (Lipinski definition) is 1. The molecule has 1 heterocycles. The molecule has 0 aromatic carbocycles. The summed E-state index contributed by atoms with van der Waals surface area (Å²) in [6, 6.07) is 0. The maximum Gasteiger partial charge on any atom is 0.313 e. The van der Waals surface area contributed by atoms with Gasteiger partial charge in [0.1, 0.15) is 0 Å². The van der Waals surface area contributed by atoms with Crippen molar-refractivity contribution >= 4 is 11.9 Å². The molecule has 1 amide bonds. The third-order valence-corrected chi connectivity index (χ3v) is 4.48. The Bertz CT molecular complexity index is 336. The molecule has 2 bridgehead atoms. The number of ether oxygens (including phenoxy) is 1. The van der Waals surface area contributed by atoms with Gasteiger partial charge in [0.2, 0.25) is 0 Å². The molecule has 1 aliphatic carbocycles. The number of amides is 1. The fraction of sp³-hybridized carbons (Fsp3) is 0.800. The van der Waals surface area contributed by atoms with E-state index >= 15 is 0 Å². The van der Waals surface area contributed by atoms with Crippen LogP contribution in [0.25, 0.3) is 0 Å². The van der Waals surface area contributed by atoms with Gasteiger partial charge in [-0.25, -0.2) is 0 Å². The molecule has 4 nitrogen and oxygen atoms in total. The topological polar surface area (TPSA) is 69.4 Å². The van der Waals surface area contributed by atoms with Gasteiger partial charge in [0.05, 0.1) is 5.41 Å². The monoisotopic (exact) mass is 197 g/mol. The van der Waals surface area contributed by atoms with E-state index in [1.54, 1.807) is 0 Å². The lowest BCUT2D eigenvalue weighted by Gasteiger charge is -2.33. The molecular weight excluding hydrogens is 182 g/mol. The Kier molecular flexibility index (Phi) is 1.44. The van der Waals surface area contributed by atoms with Crippen LogP contribution in [0.5, 0.6) is 0 Å². The lowest BCUT2D eigenvalue weighted by Crippen LogP contribution is -2.51. The molecule has 0 radical (unpaired) electrons. The van der Waals surface area contributed by atoms with Crippen molar-refractivity contribution in [1.29, 1.82) is 0 Å². The van der Waals surface area contributed by atoms with Crippen molar-refractivity contribution < 1.29 is 14.3 Å². The number of rotatable bonds is 1. The Labute approximate surface area is 82.8 Å². The van der Waals surface area contributed by atoms with Crippen LogP contribution in [0.2, 0.25) is 0 Å². The number of nitrogens with two attached hydrogens (primary N) is 1. The Morgan fingerprint density at radius 1 is 1.36 bits per heavy atom. The van der Waals surface area contributed by atoms with Gasteiger partial charge in [0.15, 0.2) is 5.60 Å². The summed E-state index contributed by atoms with van der Waals surface area (Å²) in [5.41, 5.74) is 3.23. The second kappa shape index (κ2) is 2.12.